The second-order valence-electron chi connectivity index (χ2n) is 9.04. The van der Waals surface area contributed by atoms with E-state index in [4.69, 9.17) is 4.74 Å². The molecule has 2 aliphatic rings. The number of ketones is 3. The summed E-state index contributed by atoms with van der Waals surface area (Å²) in [6, 6.07) is 4.78. The highest BCUT2D eigenvalue weighted by Crippen LogP contribution is 2.58. The van der Waals surface area contributed by atoms with E-state index in [0.29, 0.717) is 24.2 Å². The molecule has 1 spiro atoms. The van der Waals surface area contributed by atoms with Gasteiger partial charge in [-0.1, -0.05) is 41.0 Å². The topological polar surface area (TPSA) is 80.7 Å². The maximum atomic E-state index is 14.3. The van der Waals surface area contributed by atoms with Gasteiger partial charge >= 0.3 is 0 Å². The van der Waals surface area contributed by atoms with Crippen LogP contribution in [-0.4, -0.2) is 29.6 Å². The predicted molar refractivity (Wildman–Crippen MR) is 119 cm³/mol. The van der Waals surface area contributed by atoms with Gasteiger partial charge in [-0.3, -0.25) is 14.4 Å². The monoisotopic (exact) mass is 422 g/mol. The minimum atomic E-state index is -2.18. The van der Waals surface area contributed by atoms with Crippen molar-refractivity contribution in [3.8, 4) is 5.75 Å². The number of rotatable bonds is 5. The van der Waals surface area contributed by atoms with Crippen LogP contribution in [0.4, 0.5) is 0 Å². The number of aliphatic hydroxyl groups excluding tert-OH is 1. The average molecular weight is 423 g/mol. The summed E-state index contributed by atoms with van der Waals surface area (Å²) in [5.74, 6) is -1.54. The smallest absolute Gasteiger partial charge is 0.187 e. The molecule has 0 bridgehead atoms. The highest BCUT2D eigenvalue weighted by Gasteiger charge is 2.68. The molecule has 3 rings (SSSR count). The Labute approximate surface area is 183 Å². The molecule has 2 atom stereocenters. The van der Waals surface area contributed by atoms with Crippen molar-refractivity contribution in [2.45, 2.75) is 53.6 Å². The van der Waals surface area contributed by atoms with Crippen LogP contribution in [0.5, 0.6) is 5.75 Å². The Morgan fingerprint density at radius 1 is 1.06 bits per heavy atom. The summed E-state index contributed by atoms with van der Waals surface area (Å²) >= 11 is 0. The minimum Gasteiger partial charge on any atom is -0.496 e. The Bertz CT molecular complexity index is 1030. The fourth-order valence-corrected chi connectivity index (χ4v) is 4.69. The maximum Gasteiger partial charge on any atom is 0.187 e. The Hall–Kier alpha value is -2.79. The van der Waals surface area contributed by atoms with Crippen LogP contribution in [0, 0.1) is 10.8 Å². The average Bonchev–Trinajstić information content (AvgIpc) is 2.94. The molecule has 1 N–H and O–H groups in total. The van der Waals surface area contributed by atoms with Crippen LogP contribution in [0.25, 0.3) is 0 Å². The number of ether oxygens (including phenoxy) is 1. The van der Waals surface area contributed by atoms with E-state index in [1.165, 1.54) is 19.3 Å². The van der Waals surface area contributed by atoms with Gasteiger partial charge in [0.15, 0.2) is 22.8 Å². The molecule has 0 fully saturated rings. The number of hydrogen-bond acceptors (Lipinski definition) is 5. The molecule has 1 aromatic rings. The highest BCUT2D eigenvalue weighted by molar-refractivity contribution is 6.36. The lowest BCUT2D eigenvalue weighted by atomic mass is 9.55. The van der Waals surface area contributed by atoms with E-state index >= 15 is 0 Å². The number of aliphatic hydroxyl groups is 1. The van der Waals surface area contributed by atoms with Gasteiger partial charge in [-0.05, 0) is 59.6 Å². The lowest BCUT2D eigenvalue weighted by Crippen LogP contribution is -2.56. The molecule has 1 aromatic carbocycles. The molecule has 5 nitrogen and oxygen atoms in total. The molecule has 31 heavy (non-hydrogen) atoms. The first-order chi connectivity index (χ1) is 14.5. The SMILES string of the molecule is COc1cccc2c1C(O)C1(C(=O)C=C(C)C(CC=C(C)C)(CC=C(C)C)C1=O)C2=O. The summed E-state index contributed by atoms with van der Waals surface area (Å²) in [6.07, 6.45) is 4.41. The minimum absolute atomic E-state index is 0.167. The molecule has 164 valence electrons. The molecule has 2 unspecified atom stereocenters. The Morgan fingerprint density at radius 3 is 2.16 bits per heavy atom. The van der Waals surface area contributed by atoms with Gasteiger partial charge in [-0.25, -0.2) is 0 Å². The van der Waals surface area contributed by atoms with Crippen LogP contribution in [-0.2, 0) is 9.59 Å². The molecular formula is C26H30O5. The van der Waals surface area contributed by atoms with E-state index in [1.54, 1.807) is 19.1 Å². The molecule has 0 amide bonds. The maximum absolute atomic E-state index is 14.3. The number of carbonyl (C=O) groups is 3. The standard InChI is InChI=1S/C26H30O5/c1-15(2)10-12-25(13-11-16(3)4)17(5)14-20(27)26(24(25)30)22(28)18-8-7-9-19(31-6)21(18)23(26)29/h7-11,14,23,29H,12-13H2,1-6H3. The summed E-state index contributed by atoms with van der Waals surface area (Å²) in [7, 11) is 1.43. The fraction of sp³-hybridized carbons (Fsp3) is 0.423. The molecular weight excluding hydrogens is 392 g/mol. The Morgan fingerprint density at radius 2 is 1.65 bits per heavy atom. The zero-order valence-electron chi connectivity index (χ0n) is 19.0. The second kappa shape index (κ2) is 8.04. The fourth-order valence-electron chi connectivity index (χ4n) is 4.69. The molecule has 0 saturated heterocycles. The zero-order chi connectivity index (χ0) is 23.1. The van der Waals surface area contributed by atoms with Gasteiger partial charge < -0.3 is 9.84 Å². The quantitative estimate of drug-likeness (QED) is 0.549. The largest absolute Gasteiger partial charge is 0.496 e. The van der Waals surface area contributed by atoms with Crippen molar-refractivity contribution in [2.75, 3.05) is 7.11 Å². The van der Waals surface area contributed by atoms with Crippen molar-refractivity contribution in [2.24, 2.45) is 10.8 Å². The zero-order valence-corrected chi connectivity index (χ0v) is 19.0. The number of allylic oxidation sites excluding steroid dienone is 6. The van der Waals surface area contributed by atoms with E-state index in [9.17, 15) is 19.5 Å². The molecule has 0 radical (unpaired) electrons. The lowest BCUT2D eigenvalue weighted by molar-refractivity contribution is -0.148. The molecule has 0 aromatic heterocycles. The molecule has 0 saturated carbocycles. The normalized spacial score (nSPS) is 24.0. The van der Waals surface area contributed by atoms with Crippen LogP contribution in [0.3, 0.4) is 0 Å². The summed E-state index contributed by atoms with van der Waals surface area (Å²) < 4.78 is 5.34. The van der Waals surface area contributed by atoms with Gasteiger partial charge in [0.25, 0.3) is 0 Å². The summed E-state index contributed by atoms with van der Waals surface area (Å²) in [5.41, 5.74) is -0.206. The van der Waals surface area contributed by atoms with Gasteiger partial charge in [-0.2, -0.15) is 0 Å². The second-order valence-corrected chi connectivity index (χ2v) is 9.04. The van der Waals surface area contributed by atoms with Crippen LogP contribution >= 0.6 is 0 Å². The van der Waals surface area contributed by atoms with Crippen molar-refractivity contribution < 1.29 is 24.2 Å². The first-order valence-corrected chi connectivity index (χ1v) is 10.5. The van der Waals surface area contributed by atoms with E-state index in [0.717, 1.165) is 11.1 Å². The molecule has 2 aliphatic carbocycles. The van der Waals surface area contributed by atoms with Crippen LogP contribution in [0.1, 0.15) is 69.5 Å². The van der Waals surface area contributed by atoms with Crippen molar-refractivity contribution >= 4 is 17.3 Å². The lowest BCUT2D eigenvalue weighted by Gasteiger charge is -2.43. The molecule has 5 heteroatoms. The first kappa shape index (κ1) is 22.9. The first-order valence-electron chi connectivity index (χ1n) is 10.5. The number of Topliss-reactive ketones (excluding diaryl/α,β-unsaturated/α-hetero) is 2. The summed E-state index contributed by atoms with van der Waals surface area (Å²) in [4.78, 5) is 41.2. The third-order valence-electron chi connectivity index (χ3n) is 6.57. The third kappa shape index (κ3) is 3.23. The summed E-state index contributed by atoms with van der Waals surface area (Å²) in [6.45, 7) is 9.53. The van der Waals surface area contributed by atoms with Crippen LogP contribution in [0.2, 0.25) is 0 Å². The van der Waals surface area contributed by atoms with E-state index in [2.05, 4.69) is 0 Å². The predicted octanol–water partition coefficient (Wildman–Crippen LogP) is 4.71. The number of fused-ring (bicyclic) bond motifs is 1. The van der Waals surface area contributed by atoms with Crippen molar-refractivity contribution in [3.63, 3.8) is 0 Å². The molecule has 0 aliphatic heterocycles. The number of benzene rings is 1. The summed E-state index contributed by atoms with van der Waals surface area (Å²) in [5, 5.41) is 11.4. The van der Waals surface area contributed by atoms with E-state index in [-0.39, 0.29) is 11.1 Å². The van der Waals surface area contributed by atoms with Crippen molar-refractivity contribution in [1.29, 1.82) is 0 Å². The van der Waals surface area contributed by atoms with Crippen LogP contribution < -0.4 is 4.74 Å². The van der Waals surface area contributed by atoms with Gasteiger partial charge in [0, 0.05) is 11.1 Å². The van der Waals surface area contributed by atoms with Crippen molar-refractivity contribution in [3.05, 3.63) is 64.3 Å². The third-order valence-corrected chi connectivity index (χ3v) is 6.57. The number of methoxy groups -OCH3 is 1. The van der Waals surface area contributed by atoms with E-state index in [1.807, 2.05) is 39.8 Å². The Kier molecular flexibility index (Phi) is 5.94. The van der Waals surface area contributed by atoms with Gasteiger partial charge in [0.05, 0.1) is 12.5 Å². The highest BCUT2D eigenvalue weighted by atomic mass is 16.5. The van der Waals surface area contributed by atoms with Gasteiger partial charge in [-0.15, -0.1) is 0 Å². The molecule has 0 heterocycles. The number of carbonyl (C=O) groups excluding carboxylic acids is 3. The van der Waals surface area contributed by atoms with Crippen molar-refractivity contribution in [1.82, 2.24) is 0 Å². The van der Waals surface area contributed by atoms with Gasteiger partial charge in [0.2, 0.25) is 0 Å². The van der Waals surface area contributed by atoms with E-state index < -0.39 is 34.3 Å². The Balaban J connectivity index is 2.29. The van der Waals surface area contributed by atoms with Gasteiger partial charge in [0.1, 0.15) is 11.9 Å². The number of hydrogen-bond donors (Lipinski definition) is 1. The van der Waals surface area contributed by atoms with Crippen LogP contribution in [0.15, 0.2) is 53.1 Å².